The van der Waals surface area contributed by atoms with E-state index in [-0.39, 0.29) is 34.0 Å². The van der Waals surface area contributed by atoms with Crippen molar-refractivity contribution >= 4 is 15.7 Å². The maximum atomic E-state index is 12.5. The van der Waals surface area contributed by atoms with Crippen molar-refractivity contribution in [1.82, 2.24) is 4.72 Å². The maximum Gasteiger partial charge on any atom is 0.269 e. The number of hydrogen-bond donors (Lipinski definition) is 3. The average Bonchev–Trinajstić information content (AvgIpc) is 2.62. The van der Waals surface area contributed by atoms with Gasteiger partial charge in [-0.1, -0.05) is 6.07 Å². The number of nitro groups is 1. The Bertz CT molecular complexity index is 935. The Morgan fingerprint density at radius 1 is 1.00 bits per heavy atom. The van der Waals surface area contributed by atoms with E-state index in [0.29, 0.717) is 25.7 Å². The summed E-state index contributed by atoms with van der Waals surface area (Å²) in [5.41, 5.74) is 0.590. The van der Waals surface area contributed by atoms with Crippen molar-refractivity contribution in [2.45, 2.75) is 42.5 Å². The molecule has 3 rings (SSSR count). The maximum absolute atomic E-state index is 12.5. The van der Waals surface area contributed by atoms with Gasteiger partial charge in [-0.05, 0) is 55.4 Å². The van der Waals surface area contributed by atoms with Crippen molar-refractivity contribution in [3.8, 4) is 11.5 Å². The second kappa shape index (κ2) is 7.53. The highest BCUT2D eigenvalue weighted by atomic mass is 32.2. The van der Waals surface area contributed by atoms with Gasteiger partial charge in [0.1, 0.15) is 11.5 Å². The minimum Gasteiger partial charge on any atom is -0.508 e. The van der Waals surface area contributed by atoms with Gasteiger partial charge in [-0.3, -0.25) is 10.1 Å². The molecule has 144 valence electrons. The Morgan fingerprint density at radius 3 is 2.19 bits per heavy atom. The van der Waals surface area contributed by atoms with Gasteiger partial charge in [-0.25, -0.2) is 13.1 Å². The molecule has 0 radical (unpaired) electrons. The topological polar surface area (TPSA) is 130 Å². The highest BCUT2D eigenvalue weighted by Gasteiger charge is 2.28. The zero-order chi connectivity index (χ0) is 19.6. The second-order valence-electron chi connectivity index (χ2n) is 6.66. The van der Waals surface area contributed by atoms with E-state index in [1.54, 1.807) is 6.07 Å². The minimum absolute atomic E-state index is 0.000735. The highest BCUT2D eigenvalue weighted by molar-refractivity contribution is 7.89. The van der Waals surface area contributed by atoms with Crippen LogP contribution in [0.25, 0.3) is 0 Å². The Balaban J connectivity index is 1.63. The quantitative estimate of drug-likeness (QED) is 0.530. The SMILES string of the molecule is O=[N+]([O-])c1ccc(S(=O)(=O)NC2CCC(c3ccc(O)cc3O)CC2)cc1. The molecule has 0 aromatic heterocycles. The molecule has 1 aliphatic rings. The summed E-state index contributed by atoms with van der Waals surface area (Å²) in [6.45, 7) is 0. The molecule has 0 spiro atoms. The van der Waals surface area contributed by atoms with E-state index in [4.69, 9.17) is 0 Å². The van der Waals surface area contributed by atoms with Crippen molar-refractivity contribution in [2.75, 3.05) is 0 Å². The van der Waals surface area contributed by atoms with Gasteiger partial charge in [0.25, 0.3) is 5.69 Å². The summed E-state index contributed by atoms with van der Waals surface area (Å²) in [6.07, 6.45) is 2.62. The Morgan fingerprint density at radius 2 is 1.63 bits per heavy atom. The van der Waals surface area contributed by atoms with Crippen LogP contribution in [0.1, 0.15) is 37.2 Å². The Labute approximate surface area is 156 Å². The van der Waals surface area contributed by atoms with Crippen LogP contribution in [0.4, 0.5) is 5.69 Å². The molecular formula is C18H20N2O6S. The number of nitrogens with one attached hydrogen (secondary N) is 1. The third-order valence-electron chi connectivity index (χ3n) is 4.86. The fourth-order valence-electron chi connectivity index (χ4n) is 3.43. The molecule has 0 unspecified atom stereocenters. The summed E-state index contributed by atoms with van der Waals surface area (Å²) in [7, 11) is -3.75. The zero-order valence-corrected chi connectivity index (χ0v) is 15.2. The van der Waals surface area contributed by atoms with E-state index in [0.717, 1.165) is 5.56 Å². The van der Waals surface area contributed by atoms with Crippen LogP contribution in [0.15, 0.2) is 47.4 Å². The van der Waals surface area contributed by atoms with Gasteiger partial charge in [-0.15, -0.1) is 0 Å². The third-order valence-corrected chi connectivity index (χ3v) is 6.40. The van der Waals surface area contributed by atoms with Crippen LogP contribution in [0.5, 0.6) is 11.5 Å². The number of hydrogen-bond acceptors (Lipinski definition) is 6. The molecule has 0 bridgehead atoms. The predicted molar refractivity (Wildman–Crippen MR) is 98.2 cm³/mol. The fourth-order valence-corrected chi connectivity index (χ4v) is 4.74. The largest absolute Gasteiger partial charge is 0.508 e. The van der Waals surface area contributed by atoms with E-state index in [9.17, 15) is 28.7 Å². The number of nitro benzene ring substituents is 1. The first-order chi connectivity index (χ1) is 12.8. The van der Waals surface area contributed by atoms with Gasteiger partial charge in [-0.2, -0.15) is 0 Å². The van der Waals surface area contributed by atoms with Crippen LogP contribution in [-0.4, -0.2) is 29.6 Å². The molecule has 0 saturated heterocycles. The van der Waals surface area contributed by atoms with Gasteiger partial charge >= 0.3 is 0 Å². The molecular weight excluding hydrogens is 372 g/mol. The smallest absolute Gasteiger partial charge is 0.269 e. The third kappa shape index (κ3) is 4.37. The summed E-state index contributed by atoms with van der Waals surface area (Å²) < 4.78 is 27.6. The average molecular weight is 392 g/mol. The van der Waals surface area contributed by atoms with Crippen LogP contribution in [0.2, 0.25) is 0 Å². The molecule has 1 fully saturated rings. The highest BCUT2D eigenvalue weighted by Crippen LogP contribution is 2.38. The number of phenols is 2. The Kier molecular flexibility index (Phi) is 5.33. The number of phenolic OH excluding ortho intramolecular Hbond substituents is 2. The first kappa shape index (κ1) is 19.1. The normalized spacial score (nSPS) is 20.3. The fraction of sp³-hybridized carbons (Fsp3) is 0.333. The number of benzene rings is 2. The van der Waals surface area contributed by atoms with Gasteiger partial charge in [0.15, 0.2) is 0 Å². The van der Waals surface area contributed by atoms with E-state index < -0.39 is 14.9 Å². The molecule has 1 saturated carbocycles. The van der Waals surface area contributed by atoms with Crippen LogP contribution in [-0.2, 0) is 10.0 Å². The van der Waals surface area contributed by atoms with E-state index in [1.165, 1.54) is 36.4 Å². The van der Waals surface area contributed by atoms with Gasteiger partial charge in [0.2, 0.25) is 10.0 Å². The summed E-state index contributed by atoms with van der Waals surface area (Å²) >= 11 is 0. The molecule has 0 aliphatic heterocycles. The molecule has 8 nitrogen and oxygen atoms in total. The second-order valence-corrected chi connectivity index (χ2v) is 8.38. The lowest BCUT2D eigenvalue weighted by Crippen LogP contribution is -2.37. The molecule has 0 atom stereocenters. The minimum atomic E-state index is -3.75. The van der Waals surface area contributed by atoms with E-state index in [2.05, 4.69) is 4.72 Å². The summed E-state index contributed by atoms with van der Waals surface area (Å²) in [5, 5.41) is 30.1. The van der Waals surface area contributed by atoms with Gasteiger partial charge in [0.05, 0.1) is 9.82 Å². The molecule has 2 aromatic rings. The number of rotatable bonds is 5. The van der Waals surface area contributed by atoms with E-state index >= 15 is 0 Å². The van der Waals surface area contributed by atoms with Gasteiger partial charge in [0, 0.05) is 24.2 Å². The van der Waals surface area contributed by atoms with Crippen LogP contribution in [0, 0.1) is 10.1 Å². The zero-order valence-electron chi connectivity index (χ0n) is 14.4. The number of sulfonamides is 1. The van der Waals surface area contributed by atoms with Gasteiger partial charge < -0.3 is 10.2 Å². The van der Waals surface area contributed by atoms with Crippen LogP contribution >= 0.6 is 0 Å². The summed E-state index contributed by atoms with van der Waals surface area (Å²) in [5.74, 6) is 0.149. The molecule has 2 aromatic carbocycles. The Hall–Kier alpha value is -2.65. The molecule has 9 heteroatoms. The first-order valence-electron chi connectivity index (χ1n) is 8.55. The number of aromatic hydroxyl groups is 2. The summed E-state index contributed by atoms with van der Waals surface area (Å²) in [4.78, 5) is 10.1. The van der Waals surface area contributed by atoms with Crippen LogP contribution < -0.4 is 4.72 Å². The molecule has 0 amide bonds. The first-order valence-corrected chi connectivity index (χ1v) is 10.0. The molecule has 3 N–H and O–H groups in total. The van der Waals surface area contributed by atoms with Crippen molar-refractivity contribution in [2.24, 2.45) is 0 Å². The molecule has 27 heavy (non-hydrogen) atoms. The van der Waals surface area contributed by atoms with Crippen molar-refractivity contribution in [1.29, 1.82) is 0 Å². The summed E-state index contributed by atoms with van der Waals surface area (Å²) in [6, 6.07) is 9.06. The van der Waals surface area contributed by atoms with Crippen molar-refractivity contribution in [3.05, 3.63) is 58.1 Å². The van der Waals surface area contributed by atoms with Crippen molar-refractivity contribution in [3.63, 3.8) is 0 Å². The lowest BCUT2D eigenvalue weighted by Gasteiger charge is -2.29. The van der Waals surface area contributed by atoms with Crippen LogP contribution in [0.3, 0.4) is 0 Å². The molecule has 0 heterocycles. The van der Waals surface area contributed by atoms with E-state index in [1.807, 2.05) is 0 Å². The molecule has 1 aliphatic carbocycles. The standard InChI is InChI=1S/C18H20N2O6S/c21-15-7-10-17(18(22)11-15)12-1-3-13(4-2-12)19-27(25,26)16-8-5-14(6-9-16)20(23)24/h5-13,19,21-22H,1-4H2. The monoisotopic (exact) mass is 392 g/mol. The van der Waals surface area contributed by atoms with Crippen molar-refractivity contribution < 1.29 is 23.6 Å². The number of non-ortho nitro benzene ring substituents is 1. The number of nitrogens with zero attached hydrogens (tertiary/aromatic N) is 1. The lowest BCUT2D eigenvalue weighted by atomic mass is 9.81. The predicted octanol–water partition coefficient (Wildman–Crippen LogP) is 3.01. The lowest BCUT2D eigenvalue weighted by molar-refractivity contribution is -0.384.